The van der Waals surface area contributed by atoms with E-state index in [9.17, 15) is 13.2 Å². The van der Waals surface area contributed by atoms with Crippen molar-refractivity contribution in [3.05, 3.63) is 45.2 Å². The number of aryl methyl sites for hydroxylation is 1. The third-order valence-corrected chi connectivity index (χ3v) is 7.91. The van der Waals surface area contributed by atoms with Crippen LogP contribution in [0.2, 0.25) is 10.0 Å². The highest BCUT2D eigenvalue weighted by Crippen LogP contribution is 2.27. The number of aromatic nitrogens is 2. The average molecular weight is 474 g/mol. The second kappa shape index (κ2) is 9.26. The van der Waals surface area contributed by atoms with Gasteiger partial charge in [-0.1, -0.05) is 23.2 Å². The molecule has 30 heavy (non-hydrogen) atoms. The van der Waals surface area contributed by atoms with E-state index in [0.717, 1.165) is 22.6 Å². The van der Waals surface area contributed by atoms with E-state index in [0.29, 0.717) is 29.6 Å². The van der Waals surface area contributed by atoms with Crippen LogP contribution >= 0.6 is 23.2 Å². The Morgan fingerprint density at radius 1 is 1.30 bits per heavy atom. The van der Waals surface area contributed by atoms with Gasteiger partial charge < -0.3 is 9.64 Å². The Bertz CT molecular complexity index is 1050. The number of benzene rings is 1. The summed E-state index contributed by atoms with van der Waals surface area (Å²) < 4.78 is 30.7. The molecule has 3 rings (SSSR count). The highest BCUT2D eigenvalue weighted by Gasteiger charge is 2.34. The normalized spacial score (nSPS) is 18.0. The SMILES string of the molecule is COCCN(C(=O)Cc1c(C)nn(-c2ccc(Cl)c(Cl)c2)c1C)C1CCS(=O)(=O)C1. The van der Waals surface area contributed by atoms with Crippen LogP contribution in [-0.2, 0) is 25.8 Å². The molecule has 2 heterocycles. The molecule has 1 aromatic heterocycles. The number of halogens is 2. The van der Waals surface area contributed by atoms with Crippen molar-refractivity contribution in [1.29, 1.82) is 0 Å². The minimum atomic E-state index is -3.10. The third-order valence-electron chi connectivity index (χ3n) is 5.42. The molecule has 1 atom stereocenters. The zero-order chi connectivity index (χ0) is 22.1. The van der Waals surface area contributed by atoms with Crippen LogP contribution in [0, 0.1) is 13.8 Å². The van der Waals surface area contributed by atoms with E-state index in [4.69, 9.17) is 27.9 Å². The van der Waals surface area contributed by atoms with E-state index in [1.165, 1.54) is 0 Å². The Labute approximate surface area is 186 Å². The maximum absolute atomic E-state index is 13.2. The second-order valence-electron chi connectivity index (χ2n) is 7.47. The summed E-state index contributed by atoms with van der Waals surface area (Å²) >= 11 is 12.1. The van der Waals surface area contributed by atoms with Crippen molar-refractivity contribution in [1.82, 2.24) is 14.7 Å². The number of methoxy groups -OCH3 is 1. The summed E-state index contributed by atoms with van der Waals surface area (Å²) in [7, 11) is -1.54. The lowest BCUT2D eigenvalue weighted by molar-refractivity contribution is -0.133. The van der Waals surface area contributed by atoms with Crippen molar-refractivity contribution in [2.24, 2.45) is 0 Å². The van der Waals surface area contributed by atoms with E-state index >= 15 is 0 Å². The van der Waals surface area contributed by atoms with E-state index in [2.05, 4.69) is 5.10 Å². The van der Waals surface area contributed by atoms with Gasteiger partial charge in [0.2, 0.25) is 5.91 Å². The van der Waals surface area contributed by atoms with Gasteiger partial charge in [-0.2, -0.15) is 5.10 Å². The molecule has 0 aliphatic carbocycles. The molecule has 0 bridgehead atoms. The first kappa shape index (κ1) is 23.1. The predicted octanol–water partition coefficient (Wildman–Crippen LogP) is 3.00. The highest BCUT2D eigenvalue weighted by molar-refractivity contribution is 7.91. The summed E-state index contributed by atoms with van der Waals surface area (Å²) in [5, 5.41) is 5.45. The molecule has 2 aromatic rings. The summed E-state index contributed by atoms with van der Waals surface area (Å²) in [6, 6.07) is 4.92. The Balaban J connectivity index is 1.85. The molecule has 1 aromatic carbocycles. The van der Waals surface area contributed by atoms with Crippen LogP contribution in [0.5, 0.6) is 0 Å². The van der Waals surface area contributed by atoms with Crippen molar-refractivity contribution in [3.8, 4) is 5.69 Å². The first-order valence-electron chi connectivity index (χ1n) is 9.62. The Kier molecular flexibility index (Phi) is 7.12. The molecular formula is C20H25Cl2N3O4S. The molecular weight excluding hydrogens is 449 g/mol. The van der Waals surface area contributed by atoms with Gasteiger partial charge in [0.1, 0.15) is 0 Å². The number of nitrogens with zero attached hydrogens (tertiary/aromatic N) is 3. The van der Waals surface area contributed by atoms with Gasteiger partial charge in [-0.05, 0) is 38.5 Å². The van der Waals surface area contributed by atoms with E-state index < -0.39 is 9.84 Å². The molecule has 1 aliphatic rings. The molecule has 0 saturated carbocycles. The average Bonchev–Trinajstić information content (AvgIpc) is 3.18. The number of amides is 1. The third kappa shape index (κ3) is 4.99. The van der Waals surface area contributed by atoms with Gasteiger partial charge >= 0.3 is 0 Å². The molecule has 1 unspecified atom stereocenters. The fourth-order valence-electron chi connectivity index (χ4n) is 3.77. The quantitative estimate of drug-likeness (QED) is 0.617. The van der Waals surface area contributed by atoms with Gasteiger partial charge in [0.25, 0.3) is 0 Å². The number of ether oxygens (including phenoxy) is 1. The van der Waals surface area contributed by atoms with Crippen molar-refractivity contribution in [2.45, 2.75) is 32.7 Å². The molecule has 1 saturated heterocycles. The molecule has 164 valence electrons. The van der Waals surface area contributed by atoms with E-state index in [-0.39, 0.29) is 29.9 Å². The second-order valence-corrected chi connectivity index (χ2v) is 10.5. The predicted molar refractivity (Wildman–Crippen MR) is 117 cm³/mol. The van der Waals surface area contributed by atoms with Crippen LogP contribution < -0.4 is 0 Å². The molecule has 0 N–H and O–H groups in total. The van der Waals surface area contributed by atoms with Crippen LogP contribution in [0.1, 0.15) is 23.4 Å². The highest BCUT2D eigenvalue weighted by atomic mass is 35.5. The topological polar surface area (TPSA) is 81.5 Å². The summed E-state index contributed by atoms with van der Waals surface area (Å²) in [6.07, 6.45) is 0.595. The number of rotatable bonds is 7. The molecule has 1 fully saturated rings. The minimum absolute atomic E-state index is 0.00293. The molecule has 10 heteroatoms. The summed E-state index contributed by atoms with van der Waals surface area (Å²) in [5.74, 6) is -0.0147. The molecule has 1 amide bonds. The van der Waals surface area contributed by atoms with Crippen molar-refractivity contribution < 1.29 is 17.9 Å². The molecule has 1 aliphatic heterocycles. The van der Waals surface area contributed by atoms with Gasteiger partial charge in [0.15, 0.2) is 9.84 Å². The number of hydrogen-bond donors (Lipinski definition) is 0. The Hall–Kier alpha value is -1.61. The van der Waals surface area contributed by atoms with Crippen LogP contribution in [0.25, 0.3) is 5.69 Å². The zero-order valence-electron chi connectivity index (χ0n) is 17.2. The number of carbonyl (C=O) groups excluding carboxylic acids is 1. The van der Waals surface area contributed by atoms with Crippen LogP contribution in [0.3, 0.4) is 0 Å². The minimum Gasteiger partial charge on any atom is -0.383 e. The van der Waals surface area contributed by atoms with Gasteiger partial charge in [0.05, 0.1) is 46.0 Å². The fourth-order valence-corrected chi connectivity index (χ4v) is 5.80. The molecule has 0 radical (unpaired) electrons. The summed E-state index contributed by atoms with van der Waals surface area (Å²) in [4.78, 5) is 14.8. The lowest BCUT2D eigenvalue weighted by Crippen LogP contribution is -2.43. The maximum atomic E-state index is 13.2. The standard InChI is InChI=1S/C20H25Cl2N3O4S/c1-13-17(14(2)25(23-13)15-4-5-18(21)19(22)10-15)11-20(26)24(7-8-29-3)16-6-9-30(27,28)12-16/h4-5,10,16H,6-9,11-12H2,1-3H3. The van der Waals surface area contributed by atoms with Gasteiger partial charge in [-0.25, -0.2) is 13.1 Å². The monoisotopic (exact) mass is 473 g/mol. The van der Waals surface area contributed by atoms with Crippen LogP contribution in [-0.4, -0.2) is 66.8 Å². The van der Waals surface area contributed by atoms with Crippen molar-refractivity contribution >= 4 is 38.9 Å². The van der Waals surface area contributed by atoms with E-state index in [1.54, 1.807) is 28.8 Å². The zero-order valence-corrected chi connectivity index (χ0v) is 19.5. The largest absolute Gasteiger partial charge is 0.383 e. The first-order valence-corrected chi connectivity index (χ1v) is 12.2. The molecule has 7 nitrogen and oxygen atoms in total. The van der Waals surface area contributed by atoms with Gasteiger partial charge in [-0.3, -0.25) is 4.79 Å². The smallest absolute Gasteiger partial charge is 0.227 e. The van der Waals surface area contributed by atoms with Crippen LogP contribution in [0.4, 0.5) is 0 Å². The Morgan fingerprint density at radius 2 is 2.03 bits per heavy atom. The van der Waals surface area contributed by atoms with Crippen molar-refractivity contribution in [2.75, 3.05) is 31.8 Å². The Morgan fingerprint density at radius 3 is 2.63 bits per heavy atom. The fraction of sp³-hybridized carbons (Fsp3) is 0.500. The number of sulfone groups is 1. The lowest BCUT2D eigenvalue weighted by Gasteiger charge is -2.28. The summed E-state index contributed by atoms with van der Waals surface area (Å²) in [5.41, 5.74) is 3.12. The van der Waals surface area contributed by atoms with Gasteiger partial charge in [-0.15, -0.1) is 0 Å². The van der Waals surface area contributed by atoms with Crippen molar-refractivity contribution in [3.63, 3.8) is 0 Å². The van der Waals surface area contributed by atoms with Crippen LogP contribution in [0.15, 0.2) is 18.2 Å². The first-order chi connectivity index (χ1) is 14.1. The molecule has 0 spiro atoms. The lowest BCUT2D eigenvalue weighted by atomic mass is 10.1. The number of carbonyl (C=O) groups is 1. The summed E-state index contributed by atoms with van der Waals surface area (Å²) in [6.45, 7) is 4.45. The number of hydrogen-bond acceptors (Lipinski definition) is 5. The maximum Gasteiger partial charge on any atom is 0.227 e. The van der Waals surface area contributed by atoms with Gasteiger partial charge in [0, 0.05) is 31.0 Å². The van der Waals surface area contributed by atoms with E-state index in [1.807, 2.05) is 19.9 Å².